The Balaban J connectivity index is 1.35. The lowest BCUT2D eigenvalue weighted by Gasteiger charge is -2.27. The van der Waals surface area contributed by atoms with E-state index in [4.69, 9.17) is 32.9 Å². The van der Waals surface area contributed by atoms with E-state index in [1.165, 1.54) is 0 Å². The highest BCUT2D eigenvalue weighted by Gasteiger charge is 2.17. The van der Waals surface area contributed by atoms with Crippen molar-refractivity contribution in [2.45, 2.75) is 0 Å². The Bertz CT molecular complexity index is 4980. The van der Waals surface area contributed by atoms with Gasteiger partial charge in [-0.25, -0.2) is 0 Å². The van der Waals surface area contributed by atoms with Crippen molar-refractivity contribution in [3.05, 3.63) is 230 Å². The van der Waals surface area contributed by atoms with Crippen LogP contribution in [0, 0.1) is 0 Å². The highest BCUT2D eigenvalue weighted by atomic mass is 15.1. The maximum absolute atomic E-state index is 9.87. The summed E-state index contributed by atoms with van der Waals surface area (Å²) >= 11 is 0. The van der Waals surface area contributed by atoms with Crippen LogP contribution in [-0.2, 0) is 0 Å². The van der Waals surface area contributed by atoms with Gasteiger partial charge in [0.1, 0.15) is 0 Å². The summed E-state index contributed by atoms with van der Waals surface area (Å²) in [4.78, 5) is 0.359. The Hall–Kier alpha value is -7.42. The van der Waals surface area contributed by atoms with Crippen LogP contribution in [0.25, 0.3) is 72.0 Å². The molecule has 0 unspecified atom stereocenters. The SMILES string of the molecule is [2H]c1c(-c2c([2H])c([2H])c([2H])c([2H])c2[2H])cc(N(c2c([2H])c([2H])c(-c3c([2H])c([2H])c4c(c3[2H])c3c([2H])c([2H])c([2H])c([2H])c3n4-c3c([2H])c([2H])c(-c4c([2H])c([2H])c([2H])c([2H])c4[2H])c([2H])c3[2H])c([2H])c2[2H])c2c([2H])c([2H])c([2H])c(-c3c([2H])c([2H])c([2H])c([2H])c3[2H])c2[2H])c([2H])c1[2H]. The molecule has 0 amide bonds. The fourth-order valence-corrected chi connectivity index (χ4v) is 5.63. The summed E-state index contributed by atoms with van der Waals surface area (Å²) in [6.45, 7) is 0. The van der Waals surface area contributed by atoms with E-state index in [-0.39, 0.29) is 0 Å². The molecule has 0 spiro atoms. The van der Waals surface area contributed by atoms with Gasteiger partial charge in [0.2, 0.25) is 0 Å². The van der Waals surface area contributed by atoms with Gasteiger partial charge in [-0.05, 0) is 111 Å². The van der Waals surface area contributed by atoms with Crippen molar-refractivity contribution in [1.29, 1.82) is 0 Å². The van der Waals surface area contributed by atoms with Crippen molar-refractivity contribution in [2.24, 2.45) is 0 Å². The normalized spacial score (nSPS) is 20.5. The topological polar surface area (TPSA) is 8.17 Å². The smallest absolute Gasteiger partial charge is 0.0651 e. The van der Waals surface area contributed by atoms with Crippen LogP contribution in [0.1, 0.15) is 50.7 Å². The van der Waals surface area contributed by atoms with E-state index in [1.807, 2.05) is 0 Å². The lowest BCUT2D eigenvalue weighted by molar-refractivity contribution is 1.18. The molecule has 2 nitrogen and oxygen atoms in total. The number of fused-ring (bicyclic) bond motifs is 3. The zero-order chi connectivity index (χ0) is 69.5. The monoisotopic (exact) mass is 752 g/mol. The summed E-state index contributed by atoms with van der Waals surface area (Å²) in [5, 5.41) is -1.48. The Morgan fingerprint density at radius 2 is 0.768 bits per heavy atom. The summed E-state index contributed by atoms with van der Waals surface area (Å²) < 4.78 is 333. The minimum absolute atomic E-state index is 0.359. The number of anilines is 3. The molecule has 1 aromatic heterocycles. The highest BCUT2D eigenvalue weighted by Crippen LogP contribution is 2.40. The second-order valence-electron chi connectivity index (χ2n) is 11.4. The van der Waals surface area contributed by atoms with Crippen LogP contribution < -0.4 is 4.90 Å². The van der Waals surface area contributed by atoms with Crippen LogP contribution in [0.4, 0.5) is 17.1 Å². The fourth-order valence-electron chi connectivity index (χ4n) is 5.63. The molecule has 9 aromatic carbocycles. The number of rotatable bonds is 8. The summed E-state index contributed by atoms with van der Waals surface area (Å²) in [6.07, 6.45) is 0. The molecule has 0 radical (unpaired) electrons. The van der Waals surface area contributed by atoms with Gasteiger partial charge in [0.05, 0.1) is 61.8 Å². The largest absolute Gasteiger partial charge is 0.310 e. The molecule has 264 valence electrons. The minimum atomic E-state index is -1.36. The summed E-state index contributed by atoms with van der Waals surface area (Å²) in [7, 11) is 0. The molecule has 0 N–H and O–H groups in total. The van der Waals surface area contributed by atoms with E-state index in [0.717, 1.165) is 0 Å². The number of hydrogen-bond acceptors (Lipinski definition) is 1. The van der Waals surface area contributed by atoms with Crippen molar-refractivity contribution in [3.8, 4) is 50.2 Å². The second kappa shape index (κ2) is 14.4. The molecule has 0 fully saturated rings. The number of hydrogen-bond donors (Lipinski definition) is 0. The highest BCUT2D eigenvalue weighted by molar-refractivity contribution is 6.10. The van der Waals surface area contributed by atoms with E-state index in [0.29, 0.717) is 15.5 Å². The quantitative estimate of drug-likeness (QED) is 0.150. The van der Waals surface area contributed by atoms with Crippen molar-refractivity contribution < 1.29 is 50.7 Å². The molecular weight excluding hydrogens is 677 g/mol. The van der Waals surface area contributed by atoms with Gasteiger partial charge in [-0.3, -0.25) is 0 Å². The van der Waals surface area contributed by atoms with Crippen LogP contribution in [0.15, 0.2) is 230 Å². The van der Waals surface area contributed by atoms with E-state index in [1.54, 1.807) is 0 Å². The Kier molecular flexibility index (Phi) is 3.17. The molecule has 0 bridgehead atoms. The Morgan fingerprint density at radius 3 is 1.46 bits per heavy atom. The average molecular weight is 752 g/mol. The first-order valence-corrected chi connectivity index (χ1v) is 16.2. The first-order valence-electron chi connectivity index (χ1n) is 34.7. The molecule has 10 rings (SSSR count). The first kappa shape index (κ1) is 12.3. The third-order valence-corrected chi connectivity index (χ3v) is 8.09. The molecule has 0 saturated heterocycles. The van der Waals surface area contributed by atoms with Gasteiger partial charge in [-0.2, -0.15) is 0 Å². The van der Waals surface area contributed by atoms with Crippen LogP contribution in [0.2, 0.25) is 0 Å². The van der Waals surface area contributed by atoms with Crippen LogP contribution in [0.3, 0.4) is 0 Å². The molecule has 0 aliphatic heterocycles. The lowest BCUT2D eigenvalue weighted by atomic mass is 10.0. The van der Waals surface area contributed by atoms with Gasteiger partial charge in [-0.1, -0.05) is 163 Å². The van der Waals surface area contributed by atoms with Crippen molar-refractivity contribution in [2.75, 3.05) is 4.90 Å². The van der Waals surface area contributed by atoms with Crippen molar-refractivity contribution in [1.82, 2.24) is 4.57 Å². The zero-order valence-electron chi connectivity index (χ0n) is 65.0. The third-order valence-electron chi connectivity index (χ3n) is 8.09. The number of nitrogens with zero attached hydrogens (tertiary/aromatic N) is 2. The molecule has 10 aromatic rings. The molecule has 56 heavy (non-hydrogen) atoms. The Morgan fingerprint density at radius 1 is 0.304 bits per heavy atom. The average Bonchev–Trinajstić information content (AvgIpc) is 1.63. The zero-order valence-corrected chi connectivity index (χ0v) is 28.0. The van der Waals surface area contributed by atoms with E-state index < -0.39 is 313 Å². The first-order chi connectivity index (χ1) is 43.2. The fraction of sp³-hybridized carbons (Fsp3) is 0. The molecule has 2 heteroatoms. The van der Waals surface area contributed by atoms with Crippen LogP contribution >= 0.6 is 0 Å². The van der Waals surface area contributed by atoms with Crippen molar-refractivity contribution in [3.63, 3.8) is 0 Å². The Labute approximate surface area is 379 Å². The van der Waals surface area contributed by atoms with Crippen LogP contribution in [-0.4, -0.2) is 4.57 Å². The van der Waals surface area contributed by atoms with Gasteiger partial charge in [0.25, 0.3) is 0 Å². The summed E-state index contributed by atoms with van der Waals surface area (Å²) in [5.41, 5.74) is -13.0. The van der Waals surface area contributed by atoms with E-state index >= 15 is 0 Å². The van der Waals surface area contributed by atoms with Gasteiger partial charge < -0.3 is 9.47 Å². The molecular formula is C54H38N2. The summed E-state index contributed by atoms with van der Waals surface area (Å²) in [5.74, 6) is 0. The van der Waals surface area contributed by atoms with E-state index in [2.05, 4.69) is 0 Å². The van der Waals surface area contributed by atoms with Gasteiger partial charge in [0.15, 0.2) is 0 Å². The van der Waals surface area contributed by atoms with Gasteiger partial charge >= 0.3 is 0 Å². The maximum atomic E-state index is 9.87. The van der Waals surface area contributed by atoms with Gasteiger partial charge in [0, 0.05) is 33.5 Å². The lowest BCUT2D eigenvalue weighted by Crippen LogP contribution is -2.10. The third kappa shape index (κ3) is 6.24. The summed E-state index contributed by atoms with van der Waals surface area (Å²) in [6, 6.07) is -39.2. The van der Waals surface area contributed by atoms with Crippen LogP contribution in [0.5, 0.6) is 0 Å². The van der Waals surface area contributed by atoms with Gasteiger partial charge in [-0.15, -0.1) is 0 Å². The molecule has 0 aliphatic carbocycles. The minimum Gasteiger partial charge on any atom is -0.310 e. The number of para-hydroxylation sites is 1. The van der Waals surface area contributed by atoms with E-state index in [9.17, 15) is 17.8 Å². The number of benzene rings is 9. The molecule has 0 aliphatic rings. The predicted molar refractivity (Wildman–Crippen MR) is 237 cm³/mol. The second-order valence-corrected chi connectivity index (χ2v) is 11.4. The molecule has 0 saturated carbocycles. The predicted octanol–water partition coefficient (Wildman–Crippen LogP) is 14.9. The van der Waals surface area contributed by atoms with Crippen molar-refractivity contribution >= 4 is 38.9 Å². The standard InChI is InChI=1S/C54H38N2/c1-4-14-39(15-5-1)42-26-33-48(34-27-42)56-53-25-11-10-24-51(53)52-38-46(30-35-54(52)56)43-28-31-47(32-29-43)55(49-22-12-20-44(36-49)40-16-6-2-7-17-40)50-23-13-21-45(37-50)41-18-8-3-9-19-41/h1-38H/i1D,2D,3D,4D,5D,6D,7D,8D,9D,10D,11D,12D,13D,14D,15D,16D,17D,18D,19D,20D,21D,22D,23D,24D,25D,26D,27D,28D,29D,30D,31D,32D,33D,34D,35D,36D,38D. The maximum Gasteiger partial charge on any atom is 0.0651 e. The molecule has 0 atom stereocenters. The number of aromatic nitrogens is 1. The molecule has 1 heterocycles.